The lowest BCUT2D eigenvalue weighted by Gasteiger charge is -2.41. The van der Waals surface area contributed by atoms with Crippen LogP contribution in [-0.2, 0) is 4.74 Å². The highest BCUT2D eigenvalue weighted by Gasteiger charge is 2.50. The predicted octanol–water partition coefficient (Wildman–Crippen LogP) is -0.959. The SMILES string of the molecule is O[C@@H]1[C@H](O)CO[C@](O)(CSC(F)(F)F)[C@H]1O. The fourth-order valence-electron chi connectivity index (χ4n) is 1.20. The van der Waals surface area contributed by atoms with E-state index in [0.717, 1.165) is 0 Å². The van der Waals surface area contributed by atoms with Gasteiger partial charge in [-0.1, -0.05) is 0 Å². The summed E-state index contributed by atoms with van der Waals surface area (Å²) < 4.78 is 40.2. The second kappa shape index (κ2) is 4.67. The van der Waals surface area contributed by atoms with E-state index in [1.165, 1.54) is 0 Å². The fraction of sp³-hybridized carbons (Fsp3) is 1.00. The van der Waals surface area contributed by atoms with Gasteiger partial charge in [-0.15, -0.1) is 0 Å². The Morgan fingerprint density at radius 2 is 1.88 bits per heavy atom. The monoisotopic (exact) mass is 264 g/mol. The van der Waals surface area contributed by atoms with Gasteiger partial charge in [0.2, 0.25) is 5.79 Å². The maximum Gasteiger partial charge on any atom is 0.442 e. The summed E-state index contributed by atoms with van der Waals surface area (Å²) in [5.41, 5.74) is -4.58. The number of thioether (sulfide) groups is 1. The van der Waals surface area contributed by atoms with Gasteiger partial charge in [-0.3, -0.25) is 0 Å². The van der Waals surface area contributed by atoms with Crippen molar-refractivity contribution >= 4 is 11.8 Å². The topological polar surface area (TPSA) is 90.2 Å². The number of ether oxygens (including phenoxy) is 1. The van der Waals surface area contributed by atoms with Crippen molar-refractivity contribution in [3.8, 4) is 0 Å². The van der Waals surface area contributed by atoms with Gasteiger partial charge >= 0.3 is 5.51 Å². The molecule has 96 valence electrons. The zero-order valence-corrected chi connectivity index (χ0v) is 8.70. The number of alkyl halides is 3. The molecule has 4 N–H and O–H groups in total. The van der Waals surface area contributed by atoms with E-state index >= 15 is 0 Å². The largest absolute Gasteiger partial charge is 0.442 e. The molecule has 0 aliphatic carbocycles. The van der Waals surface area contributed by atoms with Crippen molar-refractivity contribution in [1.29, 1.82) is 0 Å². The third-order valence-corrected chi connectivity index (χ3v) is 3.01. The molecule has 16 heavy (non-hydrogen) atoms. The van der Waals surface area contributed by atoms with Gasteiger partial charge in [-0.25, -0.2) is 0 Å². The summed E-state index contributed by atoms with van der Waals surface area (Å²) in [4.78, 5) is 0. The third kappa shape index (κ3) is 3.22. The van der Waals surface area contributed by atoms with Gasteiger partial charge in [0.25, 0.3) is 0 Å². The van der Waals surface area contributed by atoms with Crippen molar-refractivity contribution in [2.45, 2.75) is 29.6 Å². The first-order valence-corrected chi connectivity index (χ1v) is 5.25. The molecule has 5 nitrogen and oxygen atoms in total. The summed E-state index contributed by atoms with van der Waals surface area (Å²) in [6.07, 6.45) is -5.18. The molecule has 0 aromatic heterocycles. The standard InChI is InChI=1S/C7H11F3O5S/c8-7(9,10)16-2-6(14)5(13)4(12)3(11)1-15-6/h3-5,11-14H,1-2H2/t3-,4-,5+,6-/m1/s1. The molecule has 0 aromatic carbocycles. The molecule has 0 saturated carbocycles. The van der Waals surface area contributed by atoms with Crippen LogP contribution in [0.1, 0.15) is 0 Å². The first kappa shape index (κ1) is 14.0. The Balaban J connectivity index is 2.63. The number of hydrogen-bond acceptors (Lipinski definition) is 6. The average Bonchev–Trinajstić information content (AvgIpc) is 2.18. The highest BCUT2D eigenvalue weighted by Crippen LogP contribution is 2.36. The Kier molecular flexibility index (Phi) is 4.08. The molecule has 0 amide bonds. The molecule has 1 saturated heterocycles. The number of rotatable bonds is 2. The maximum absolute atomic E-state index is 11.9. The molecule has 0 radical (unpaired) electrons. The van der Waals surface area contributed by atoms with Crippen LogP contribution in [0.5, 0.6) is 0 Å². The minimum absolute atomic E-state index is 0.548. The van der Waals surface area contributed by atoms with E-state index in [0.29, 0.717) is 0 Å². The summed E-state index contributed by atoms with van der Waals surface area (Å²) in [5.74, 6) is -3.50. The molecular weight excluding hydrogens is 253 g/mol. The lowest BCUT2D eigenvalue weighted by atomic mass is 9.98. The minimum atomic E-state index is -4.58. The molecule has 1 fully saturated rings. The molecule has 9 heteroatoms. The second-order valence-electron chi connectivity index (χ2n) is 3.39. The summed E-state index contributed by atoms with van der Waals surface area (Å²) in [7, 11) is 0. The van der Waals surface area contributed by atoms with Crippen LogP contribution in [0.4, 0.5) is 13.2 Å². The molecule has 0 spiro atoms. The average molecular weight is 264 g/mol. The van der Waals surface area contributed by atoms with Crippen molar-refractivity contribution in [2.24, 2.45) is 0 Å². The van der Waals surface area contributed by atoms with Crippen molar-refractivity contribution in [3.63, 3.8) is 0 Å². The van der Waals surface area contributed by atoms with Gasteiger partial charge in [-0.05, 0) is 11.8 Å². The van der Waals surface area contributed by atoms with Crippen LogP contribution in [-0.4, -0.2) is 62.4 Å². The maximum atomic E-state index is 11.9. The quantitative estimate of drug-likeness (QED) is 0.514. The first-order valence-electron chi connectivity index (χ1n) is 4.27. The van der Waals surface area contributed by atoms with Crippen LogP contribution in [0.15, 0.2) is 0 Å². The zero-order valence-electron chi connectivity index (χ0n) is 7.89. The molecule has 1 rings (SSSR count). The van der Waals surface area contributed by atoms with E-state index in [1.807, 2.05) is 0 Å². The van der Waals surface area contributed by atoms with Gasteiger partial charge in [0.1, 0.15) is 18.3 Å². The van der Waals surface area contributed by atoms with Crippen molar-refractivity contribution < 1.29 is 38.3 Å². The summed E-state index contributed by atoms with van der Waals surface area (Å²) in [6, 6.07) is 0. The lowest BCUT2D eigenvalue weighted by Crippen LogP contribution is -2.62. The Bertz CT molecular complexity index is 251. The Morgan fingerprint density at radius 3 is 2.38 bits per heavy atom. The second-order valence-corrected chi connectivity index (χ2v) is 4.43. The fourth-order valence-corrected chi connectivity index (χ4v) is 1.83. The Hall–Kier alpha value is -0.0600. The van der Waals surface area contributed by atoms with E-state index in [2.05, 4.69) is 4.74 Å². The van der Waals surface area contributed by atoms with Crippen LogP contribution in [0.2, 0.25) is 0 Å². The smallest absolute Gasteiger partial charge is 0.388 e. The van der Waals surface area contributed by atoms with E-state index in [9.17, 15) is 28.5 Å². The van der Waals surface area contributed by atoms with E-state index in [1.54, 1.807) is 0 Å². The summed E-state index contributed by atoms with van der Waals surface area (Å²) in [6.45, 7) is -0.548. The number of aliphatic hydroxyl groups excluding tert-OH is 3. The number of aliphatic hydroxyl groups is 4. The molecular formula is C7H11F3O5S. The molecule has 1 heterocycles. The van der Waals surface area contributed by atoms with Gasteiger partial charge in [0.05, 0.1) is 12.4 Å². The molecule has 1 aliphatic rings. The van der Waals surface area contributed by atoms with Crippen molar-refractivity contribution in [3.05, 3.63) is 0 Å². The molecule has 0 bridgehead atoms. The normalized spacial score (nSPS) is 41.1. The van der Waals surface area contributed by atoms with Crippen LogP contribution in [0.3, 0.4) is 0 Å². The highest BCUT2D eigenvalue weighted by molar-refractivity contribution is 8.00. The number of hydrogen-bond donors (Lipinski definition) is 4. The Morgan fingerprint density at radius 1 is 1.31 bits per heavy atom. The van der Waals surface area contributed by atoms with Crippen LogP contribution in [0.25, 0.3) is 0 Å². The highest BCUT2D eigenvalue weighted by atomic mass is 32.2. The minimum Gasteiger partial charge on any atom is -0.388 e. The zero-order chi connectivity index (χ0) is 12.6. The third-order valence-electron chi connectivity index (χ3n) is 2.13. The van der Waals surface area contributed by atoms with Gasteiger partial charge in [0, 0.05) is 0 Å². The van der Waals surface area contributed by atoms with Crippen LogP contribution in [0, 0.1) is 0 Å². The molecule has 0 aromatic rings. The van der Waals surface area contributed by atoms with Crippen molar-refractivity contribution in [1.82, 2.24) is 0 Å². The van der Waals surface area contributed by atoms with Gasteiger partial charge in [0.15, 0.2) is 0 Å². The first-order chi connectivity index (χ1) is 7.16. The molecule has 1 aliphatic heterocycles. The Labute approximate surface area is 92.8 Å². The van der Waals surface area contributed by atoms with E-state index in [4.69, 9.17) is 5.11 Å². The summed E-state index contributed by atoms with van der Waals surface area (Å²) >= 11 is -0.582. The predicted molar refractivity (Wildman–Crippen MR) is 47.4 cm³/mol. The number of halogens is 3. The molecule has 4 atom stereocenters. The van der Waals surface area contributed by atoms with Crippen LogP contribution >= 0.6 is 11.8 Å². The summed E-state index contributed by atoms with van der Waals surface area (Å²) in [5, 5.41) is 37.0. The van der Waals surface area contributed by atoms with Crippen molar-refractivity contribution in [2.75, 3.05) is 12.4 Å². The van der Waals surface area contributed by atoms with Crippen LogP contribution < -0.4 is 0 Å². The van der Waals surface area contributed by atoms with Gasteiger partial charge in [-0.2, -0.15) is 13.2 Å². The van der Waals surface area contributed by atoms with E-state index in [-0.39, 0.29) is 0 Å². The van der Waals surface area contributed by atoms with E-state index < -0.39 is 53.7 Å². The lowest BCUT2D eigenvalue weighted by molar-refractivity contribution is -0.309. The van der Waals surface area contributed by atoms with Gasteiger partial charge < -0.3 is 25.2 Å². The molecule has 0 unspecified atom stereocenters.